The maximum Gasteiger partial charge on any atom is 0.343 e. The van der Waals surface area contributed by atoms with E-state index in [9.17, 15) is 14.4 Å². The van der Waals surface area contributed by atoms with E-state index in [0.717, 1.165) is 12.8 Å². The minimum atomic E-state index is -0.664. The number of amides is 1. The third kappa shape index (κ3) is 6.83. The molecular weight excluding hydrogens is 679 g/mol. The molecule has 4 aromatic rings. The molecule has 2 aromatic heterocycles. The molecule has 13 heteroatoms. The topological polar surface area (TPSA) is 147 Å². The van der Waals surface area contributed by atoms with Crippen molar-refractivity contribution in [2.75, 3.05) is 25.1 Å². The monoisotopic (exact) mass is 712 g/mol. The number of anilines is 1. The number of hydrogen-bond donors (Lipinski definition) is 2. The van der Waals surface area contributed by atoms with Crippen LogP contribution in [0, 0.1) is 3.83 Å². The highest BCUT2D eigenvalue weighted by atomic mass is 127. The van der Waals surface area contributed by atoms with Crippen molar-refractivity contribution in [1.29, 1.82) is 0 Å². The van der Waals surface area contributed by atoms with Crippen LogP contribution < -0.4 is 15.4 Å². The minimum absolute atomic E-state index is 0.000723. The van der Waals surface area contributed by atoms with Crippen LogP contribution in [0.2, 0.25) is 0 Å². The number of carbonyl (C=O) groups is 3. The van der Waals surface area contributed by atoms with Gasteiger partial charge in [0.1, 0.15) is 18.2 Å². The van der Waals surface area contributed by atoms with Crippen LogP contribution in [0.5, 0.6) is 5.75 Å². The summed E-state index contributed by atoms with van der Waals surface area (Å²) in [6, 6.07) is 11.5. The number of nitrogens with one attached hydrogen (secondary N) is 2. The zero-order valence-electron chi connectivity index (χ0n) is 24.6. The van der Waals surface area contributed by atoms with Crippen LogP contribution in [-0.4, -0.2) is 69.3 Å². The second kappa shape index (κ2) is 14.1. The zero-order valence-corrected chi connectivity index (χ0v) is 26.8. The van der Waals surface area contributed by atoms with Crippen LogP contribution in [0.3, 0.4) is 0 Å². The van der Waals surface area contributed by atoms with Gasteiger partial charge in [-0.25, -0.2) is 24.5 Å². The van der Waals surface area contributed by atoms with Gasteiger partial charge < -0.3 is 24.8 Å². The molecule has 230 valence electrons. The van der Waals surface area contributed by atoms with E-state index in [4.69, 9.17) is 14.2 Å². The molecule has 2 aromatic carbocycles. The van der Waals surface area contributed by atoms with Crippen molar-refractivity contribution in [3.8, 4) is 11.4 Å². The molecule has 5 rings (SSSR count). The Morgan fingerprint density at radius 1 is 1.07 bits per heavy atom. The lowest BCUT2D eigenvalue weighted by Crippen LogP contribution is -2.26. The Labute approximate surface area is 268 Å². The Balaban J connectivity index is 1.69. The summed E-state index contributed by atoms with van der Waals surface area (Å²) < 4.78 is 19.0. The number of fused-ring (bicyclic) bond motifs is 1. The maximum absolute atomic E-state index is 13.7. The molecule has 1 aliphatic rings. The van der Waals surface area contributed by atoms with E-state index in [0.29, 0.717) is 45.9 Å². The van der Waals surface area contributed by atoms with Crippen LogP contribution >= 0.6 is 22.6 Å². The normalized spacial score (nSPS) is 14.5. The average Bonchev–Trinajstić information content (AvgIpc) is 3.70. The van der Waals surface area contributed by atoms with Gasteiger partial charge in [-0.05, 0) is 38.0 Å². The zero-order chi connectivity index (χ0) is 31.2. The first-order chi connectivity index (χ1) is 21.3. The summed E-state index contributed by atoms with van der Waals surface area (Å²) in [5.41, 5.74) is 1.55. The largest absolute Gasteiger partial charge is 0.456 e. The van der Waals surface area contributed by atoms with E-state index >= 15 is 0 Å². The first kappa shape index (κ1) is 31.3. The summed E-state index contributed by atoms with van der Waals surface area (Å²) in [5, 5.41) is 6.18. The summed E-state index contributed by atoms with van der Waals surface area (Å²) >= 11 is 2.03. The standard InChI is InChI=1S/C31H33IN6O6/c1-4-19(5-2)35-26-25-27(37-31(32)36-26)38(17-34-25)23-15-24(44-29(40)18-10-8-7-9-11-18)22(28(39)33-6-3)14-21(23)30(41)43-20-12-13-42-16-20/h7-11,14-15,17,19-20H,4-6,12-13,16H2,1-3H3,(H,33,39)(H,35,36,37). The number of imidazole rings is 1. The molecule has 1 saturated heterocycles. The first-order valence-electron chi connectivity index (χ1n) is 14.5. The summed E-state index contributed by atoms with van der Waals surface area (Å²) in [7, 11) is 0. The molecule has 1 unspecified atom stereocenters. The molecule has 0 aliphatic carbocycles. The van der Waals surface area contributed by atoms with Crippen LogP contribution in [0.1, 0.15) is 71.1 Å². The van der Waals surface area contributed by atoms with Crippen LogP contribution in [0.25, 0.3) is 16.9 Å². The fourth-order valence-corrected chi connectivity index (χ4v) is 5.31. The molecule has 1 fully saturated rings. The Hall–Kier alpha value is -4.11. The molecule has 0 bridgehead atoms. The van der Waals surface area contributed by atoms with E-state index in [1.165, 1.54) is 18.5 Å². The number of ether oxygens (including phenoxy) is 3. The predicted molar refractivity (Wildman–Crippen MR) is 171 cm³/mol. The fourth-order valence-electron chi connectivity index (χ4n) is 4.84. The molecular formula is C31H33IN6O6. The maximum atomic E-state index is 13.7. The molecule has 12 nitrogen and oxygen atoms in total. The van der Waals surface area contributed by atoms with Gasteiger partial charge in [-0.2, -0.15) is 0 Å². The number of rotatable bonds is 11. The second-order valence-electron chi connectivity index (χ2n) is 10.2. The van der Waals surface area contributed by atoms with Gasteiger partial charge >= 0.3 is 11.9 Å². The summed E-state index contributed by atoms with van der Waals surface area (Å²) in [6.07, 6.45) is 3.42. The summed E-state index contributed by atoms with van der Waals surface area (Å²) in [4.78, 5) is 53.9. The van der Waals surface area contributed by atoms with Crippen LogP contribution in [-0.2, 0) is 9.47 Å². The Morgan fingerprint density at radius 2 is 1.84 bits per heavy atom. The van der Waals surface area contributed by atoms with Gasteiger partial charge in [0.25, 0.3) is 5.91 Å². The Kier molecular flexibility index (Phi) is 10.0. The third-order valence-electron chi connectivity index (χ3n) is 7.23. The Morgan fingerprint density at radius 3 is 2.52 bits per heavy atom. The van der Waals surface area contributed by atoms with Crippen LogP contribution in [0.4, 0.5) is 5.82 Å². The second-order valence-corrected chi connectivity index (χ2v) is 11.1. The highest BCUT2D eigenvalue weighted by molar-refractivity contribution is 14.1. The van der Waals surface area contributed by atoms with E-state index in [2.05, 4.69) is 39.4 Å². The van der Waals surface area contributed by atoms with Gasteiger partial charge in [-0.15, -0.1) is 0 Å². The minimum Gasteiger partial charge on any atom is -0.456 e. The SMILES string of the molecule is CCNC(=O)c1cc(C(=O)OC2CCOC2)c(-n2cnc3c(NC(CC)CC)nc(I)nc32)cc1OC(=O)c1ccccc1. The van der Waals surface area contributed by atoms with E-state index < -0.39 is 23.9 Å². The number of carbonyl (C=O) groups excluding carboxylic acids is 3. The predicted octanol–water partition coefficient (Wildman–Crippen LogP) is 4.94. The third-order valence-corrected chi connectivity index (χ3v) is 7.71. The van der Waals surface area contributed by atoms with E-state index in [1.54, 1.807) is 41.8 Å². The lowest BCUT2D eigenvalue weighted by atomic mass is 10.1. The van der Waals surface area contributed by atoms with Crippen molar-refractivity contribution < 1.29 is 28.6 Å². The van der Waals surface area contributed by atoms with Gasteiger partial charge in [0.2, 0.25) is 0 Å². The number of benzene rings is 2. The lowest BCUT2D eigenvalue weighted by Gasteiger charge is -2.18. The molecule has 0 radical (unpaired) electrons. The Bertz CT molecular complexity index is 1670. The van der Waals surface area contributed by atoms with Gasteiger partial charge in [0.05, 0.1) is 35.6 Å². The molecule has 1 atom stereocenters. The van der Waals surface area contributed by atoms with Gasteiger partial charge in [-0.1, -0.05) is 32.0 Å². The van der Waals surface area contributed by atoms with Crippen molar-refractivity contribution >= 4 is 57.4 Å². The van der Waals surface area contributed by atoms with E-state index in [1.807, 2.05) is 22.6 Å². The molecule has 1 amide bonds. The van der Waals surface area contributed by atoms with Gasteiger partial charge in [-0.3, -0.25) is 9.36 Å². The molecule has 0 saturated carbocycles. The van der Waals surface area contributed by atoms with Crippen molar-refractivity contribution in [1.82, 2.24) is 24.8 Å². The molecule has 2 N–H and O–H groups in total. The fraction of sp³-hybridized carbons (Fsp3) is 0.355. The molecule has 1 aliphatic heterocycles. The first-order valence-corrected chi connectivity index (χ1v) is 15.6. The van der Waals surface area contributed by atoms with Crippen molar-refractivity contribution in [2.45, 2.75) is 52.2 Å². The van der Waals surface area contributed by atoms with E-state index in [-0.39, 0.29) is 35.2 Å². The van der Waals surface area contributed by atoms with Crippen molar-refractivity contribution in [3.05, 3.63) is 69.3 Å². The summed E-state index contributed by atoms with van der Waals surface area (Å²) in [5.74, 6) is -1.32. The van der Waals surface area contributed by atoms with Crippen molar-refractivity contribution in [3.63, 3.8) is 0 Å². The summed E-state index contributed by atoms with van der Waals surface area (Å²) in [6.45, 7) is 7.03. The molecule has 44 heavy (non-hydrogen) atoms. The molecule has 3 heterocycles. The number of hydrogen-bond acceptors (Lipinski definition) is 10. The number of aromatic nitrogens is 4. The van der Waals surface area contributed by atoms with Gasteiger partial charge in [0.15, 0.2) is 20.8 Å². The highest BCUT2D eigenvalue weighted by Crippen LogP contribution is 2.32. The number of nitrogens with zero attached hydrogens (tertiary/aromatic N) is 4. The van der Waals surface area contributed by atoms with Crippen LogP contribution in [0.15, 0.2) is 48.8 Å². The quantitative estimate of drug-likeness (QED) is 0.0950. The molecule has 0 spiro atoms. The average molecular weight is 713 g/mol. The van der Waals surface area contributed by atoms with Gasteiger partial charge in [0, 0.05) is 47.7 Å². The smallest absolute Gasteiger partial charge is 0.343 e. The lowest BCUT2D eigenvalue weighted by molar-refractivity contribution is 0.0270. The number of esters is 2. The number of halogens is 1. The highest BCUT2D eigenvalue weighted by Gasteiger charge is 2.28. The van der Waals surface area contributed by atoms with Crippen molar-refractivity contribution in [2.24, 2.45) is 0 Å².